The molecule has 1 fully saturated rings. The van der Waals surface area contributed by atoms with Crippen LogP contribution in [0.25, 0.3) is 0 Å². The molecule has 3 heteroatoms. The molecule has 0 bridgehead atoms. The summed E-state index contributed by atoms with van der Waals surface area (Å²) in [5, 5.41) is 3.28. The second-order valence-corrected chi connectivity index (χ2v) is 6.18. The van der Waals surface area contributed by atoms with Gasteiger partial charge in [-0.05, 0) is 68.2 Å². The molecule has 1 heterocycles. The summed E-state index contributed by atoms with van der Waals surface area (Å²) in [6, 6.07) is 1.67. The maximum Gasteiger partial charge on any atom is 0.141 e. The molecule has 0 aromatic carbocycles. The molecule has 0 spiro atoms. The first-order valence-corrected chi connectivity index (χ1v) is 7.36. The highest BCUT2D eigenvalue weighted by atomic mass is 19.1. The molecule has 1 aromatic heterocycles. The Bertz CT molecular complexity index is 405. The first-order chi connectivity index (χ1) is 9.11. The van der Waals surface area contributed by atoms with Crippen LogP contribution < -0.4 is 5.32 Å². The lowest BCUT2D eigenvalue weighted by molar-refractivity contribution is 0.192. The third kappa shape index (κ3) is 3.53. The van der Waals surface area contributed by atoms with Gasteiger partial charge in [0.15, 0.2) is 0 Å². The zero-order valence-electron chi connectivity index (χ0n) is 12.2. The van der Waals surface area contributed by atoms with Crippen LogP contribution in [0, 0.1) is 23.6 Å². The van der Waals surface area contributed by atoms with Crippen LogP contribution >= 0.6 is 0 Å². The number of nitrogens with one attached hydrogen (secondary N) is 1. The minimum atomic E-state index is -0.215. The van der Waals surface area contributed by atoms with Crippen molar-refractivity contribution in [1.82, 2.24) is 10.3 Å². The average molecular weight is 264 g/mol. The van der Waals surface area contributed by atoms with Crippen molar-refractivity contribution in [3.63, 3.8) is 0 Å². The summed E-state index contributed by atoms with van der Waals surface area (Å²) >= 11 is 0. The van der Waals surface area contributed by atoms with E-state index in [1.165, 1.54) is 19.0 Å². The molecule has 0 aliphatic heterocycles. The fourth-order valence-electron chi connectivity index (χ4n) is 3.42. The molecule has 106 valence electrons. The van der Waals surface area contributed by atoms with E-state index < -0.39 is 0 Å². The summed E-state index contributed by atoms with van der Waals surface area (Å²) in [6.45, 7) is 5.60. The van der Waals surface area contributed by atoms with Gasteiger partial charge in [0.1, 0.15) is 5.82 Å². The van der Waals surface area contributed by atoms with E-state index in [-0.39, 0.29) is 5.82 Å². The lowest BCUT2D eigenvalue weighted by Gasteiger charge is -2.38. The Hall–Kier alpha value is -0.960. The number of rotatable bonds is 4. The normalized spacial score (nSPS) is 27.7. The van der Waals surface area contributed by atoms with Crippen LogP contribution in [0.5, 0.6) is 0 Å². The molecule has 1 N–H and O–H groups in total. The van der Waals surface area contributed by atoms with Crippen LogP contribution in [-0.4, -0.2) is 18.6 Å². The molecule has 0 saturated heterocycles. The summed E-state index contributed by atoms with van der Waals surface area (Å²) < 4.78 is 13.4. The van der Waals surface area contributed by atoms with Gasteiger partial charge in [-0.1, -0.05) is 13.8 Å². The number of nitrogens with zero attached hydrogens (tertiary/aromatic N) is 1. The Morgan fingerprint density at radius 3 is 2.79 bits per heavy atom. The number of hydrogen-bond donors (Lipinski definition) is 1. The Morgan fingerprint density at radius 2 is 2.16 bits per heavy atom. The lowest BCUT2D eigenvalue weighted by atomic mass is 9.68. The maximum atomic E-state index is 13.4. The highest BCUT2D eigenvalue weighted by molar-refractivity contribution is 5.18. The van der Waals surface area contributed by atoms with Gasteiger partial charge >= 0.3 is 0 Å². The molecule has 0 radical (unpaired) electrons. The summed E-state index contributed by atoms with van der Waals surface area (Å²) in [6.07, 6.45) is 6.82. The Labute approximate surface area is 115 Å². The molecular formula is C16H25FN2. The quantitative estimate of drug-likeness (QED) is 0.899. The highest BCUT2D eigenvalue weighted by Gasteiger charge is 2.32. The summed E-state index contributed by atoms with van der Waals surface area (Å²) in [5.41, 5.74) is 1.07. The van der Waals surface area contributed by atoms with Crippen molar-refractivity contribution in [2.24, 2.45) is 17.8 Å². The van der Waals surface area contributed by atoms with E-state index in [1.54, 1.807) is 6.07 Å². The van der Waals surface area contributed by atoms with Gasteiger partial charge in [-0.15, -0.1) is 0 Å². The SMILES string of the molecule is CNCC1CCC(C(C)C)CC1c1cncc(F)c1. The second-order valence-electron chi connectivity index (χ2n) is 6.18. The van der Waals surface area contributed by atoms with Crippen molar-refractivity contribution < 1.29 is 4.39 Å². The first kappa shape index (κ1) is 14.4. The minimum Gasteiger partial charge on any atom is -0.319 e. The summed E-state index contributed by atoms with van der Waals surface area (Å²) in [7, 11) is 2.00. The van der Waals surface area contributed by atoms with Crippen molar-refractivity contribution in [3.8, 4) is 0 Å². The average Bonchev–Trinajstić information content (AvgIpc) is 2.39. The number of hydrogen-bond acceptors (Lipinski definition) is 2. The fourth-order valence-corrected chi connectivity index (χ4v) is 3.42. The maximum absolute atomic E-state index is 13.4. The van der Waals surface area contributed by atoms with Gasteiger partial charge in [-0.3, -0.25) is 4.98 Å². The zero-order valence-corrected chi connectivity index (χ0v) is 12.2. The molecule has 19 heavy (non-hydrogen) atoms. The fraction of sp³-hybridized carbons (Fsp3) is 0.688. The summed E-state index contributed by atoms with van der Waals surface area (Å²) in [5.74, 6) is 2.29. The molecule has 3 unspecified atom stereocenters. The van der Waals surface area contributed by atoms with Gasteiger partial charge < -0.3 is 5.32 Å². The van der Waals surface area contributed by atoms with Gasteiger partial charge in [-0.25, -0.2) is 4.39 Å². The molecule has 0 amide bonds. The van der Waals surface area contributed by atoms with Gasteiger partial charge in [0.05, 0.1) is 6.20 Å². The largest absolute Gasteiger partial charge is 0.319 e. The summed E-state index contributed by atoms with van der Waals surface area (Å²) in [4.78, 5) is 4.03. The Balaban J connectivity index is 2.20. The lowest BCUT2D eigenvalue weighted by Crippen LogP contribution is -2.32. The van der Waals surface area contributed by atoms with Crippen LogP contribution in [0.3, 0.4) is 0 Å². The van der Waals surface area contributed by atoms with Crippen LogP contribution in [-0.2, 0) is 0 Å². The van der Waals surface area contributed by atoms with E-state index in [4.69, 9.17) is 0 Å². The van der Waals surface area contributed by atoms with E-state index in [1.807, 2.05) is 13.2 Å². The van der Waals surface area contributed by atoms with Crippen LogP contribution in [0.1, 0.15) is 44.6 Å². The predicted molar refractivity (Wildman–Crippen MR) is 76.5 cm³/mol. The minimum absolute atomic E-state index is 0.215. The standard InChI is InChI=1S/C16H25FN2/c1-11(2)12-4-5-13(8-18-3)16(7-12)14-6-15(17)10-19-9-14/h6,9-13,16,18H,4-5,7-8H2,1-3H3. The third-order valence-corrected chi connectivity index (χ3v) is 4.60. The molecule has 2 nitrogen and oxygen atoms in total. The number of halogens is 1. The Kier molecular flexibility index (Phi) is 4.92. The topological polar surface area (TPSA) is 24.9 Å². The molecular weight excluding hydrogens is 239 g/mol. The highest BCUT2D eigenvalue weighted by Crippen LogP contribution is 2.42. The van der Waals surface area contributed by atoms with Crippen molar-refractivity contribution in [3.05, 3.63) is 29.8 Å². The van der Waals surface area contributed by atoms with Crippen molar-refractivity contribution in [2.45, 2.75) is 39.0 Å². The second kappa shape index (κ2) is 6.47. The van der Waals surface area contributed by atoms with E-state index in [0.29, 0.717) is 17.8 Å². The van der Waals surface area contributed by atoms with E-state index in [2.05, 4.69) is 24.1 Å². The Morgan fingerprint density at radius 1 is 1.37 bits per heavy atom. The first-order valence-electron chi connectivity index (χ1n) is 7.36. The van der Waals surface area contributed by atoms with Crippen LogP contribution in [0.4, 0.5) is 4.39 Å². The van der Waals surface area contributed by atoms with Gasteiger partial charge in [-0.2, -0.15) is 0 Å². The molecule has 1 aromatic rings. The third-order valence-electron chi connectivity index (χ3n) is 4.60. The van der Waals surface area contributed by atoms with Gasteiger partial charge in [0.25, 0.3) is 0 Å². The molecule has 1 aliphatic rings. The van der Waals surface area contributed by atoms with E-state index >= 15 is 0 Å². The van der Waals surface area contributed by atoms with Gasteiger partial charge in [0, 0.05) is 6.20 Å². The monoisotopic (exact) mass is 264 g/mol. The molecule has 3 atom stereocenters. The molecule has 2 rings (SSSR count). The molecule has 1 saturated carbocycles. The van der Waals surface area contributed by atoms with Crippen LogP contribution in [0.2, 0.25) is 0 Å². The number of aromatic nitrogens is 1. The van der Waals surface area contributed by atoms with E-state index in [0.717, 1.165) is 24.4 Å². The van der Waals surface area contributed by atoms with Crippen LogP contribution in [0.15, 0.2) is 18.5 Å². The predicted octanol–water partition coefficient (Wildman–Crippen LogP) is 3.60. The van der Waals surface area contributed by atoms with Crippen molar-refractivity contribution >= 4 is 0 Å². The molecule has 1 aliphatic carbocycles. The number of pyridine rings is 1. The van der Waals surface area contributed by atoms with Gasteiger partial charge in [0.2, 0.25) is 0 Å². The van der Waals surface area contributed by atoms with Crippen molar-refractivity contribution in [1.29, 1.82) is 0 Å². The smallest absolute Gasteiger partial charge is 0.141 e. The zero-order chi connectivity index (χ0) is 13.8. The van der Waals surface area contributed by atoms with Crippen molar-refractivity contribution in [2.75, 3.05) is 13.6 Å². The van der Waals surface area contributed by atoms with E-state index in [9.17, 15) is 4.39 Å².